The number of nitrogens with zero attached hydrogens (tertiary/aromatic N) is 4. The molecule has 0 saturated carbocycles. The van der Waals surface area contributed by atoms with Crippen molar-refractivity contribution >= 4 is 46.1 Å². The summed E-state index contributed by atoms with van der Waals surface area (Å²) in [5.41, 5.74) is 1.38. The standard InChI is InChI=1S/C21H20Cl2N4O2S/c1-14(27-20(28)7-6-18(24-27)19-3-2-12-30-19)21(29)26-10-8-25(9-11-26)15-4-5-16(22)17(23)13-15/h2-7,12-14H,8-11H2,1H3. The van der Waals surface area contributed by atoms with Gasteiger partial charge in [-0.1, -0.05) is 29.3 Å². The molecule has 156 valence electrons. The van der Waals surface area contributed by atoms with Gasteiger partial charge in [0.1, 0.15) is 11.7 Å². The Bertz CT molecular complexity index is 1110. The number of anilines is 1. The first-order valence-electron chi connectivity index (χ1n) is 9.56. The van der Waals surface area contributed by atoms with Crippen LogP contribution in [0, 0.1) is 0 Å². The molecule has 1 aliphatic rings. The van der Waals surface area contributed by atoms with Gasteiger partial charge in [0.15, 0.2) is 0 Å². The highest BCUT2D eigenvalue weighted by Gasteiger charge is 2.27. The third kappa shape index (κ3) is 4.24. The van der Waals surface area contributed by atoms with Crippen LogP contribution in [0.25, 0.3) is 10.6 Å². The summed E-state index contributed by atoms with van der Waals surface area (Å²) < 4.78 is 1.28. The summed E-state index contributed by atoms with van der Waals surface area (Å²) >= 11 is 13.7. The molecule has 4 rings (SSSR count). The number of hydrogen-bond acceptors (Lipinski definition) is 5. The smallest absolute Gasteiger partial charge is 0.267 e. The molecule has 6 nitrogen and oxygen atoms in total. The number of hydrogen-bond donors (Lipinski definition) is 0. The SMILES string of the molecule is CC(C(=O)N1CCN(c2ccc(Cl)c(Cl)c2)CC1)n1nc(-c2cccs2)ccc1=O. The molecule has 0 bridgehead atoms. The number of piperazine rings is 1. The van der Waals surface area contributed by atoms with Crippen molar-refractivity contribution < 1.29 is 4.79 Å². The summed E-state index contributed by atoms with van der Waals surface area (Å²) in [6, 6.07) is 11.9. The lowest BCUT2D eigenvalue weighted by atomic mass is 10.2. The normalized spacial score (nSPS) is 15.3. The third-order valence-electron chi connectivity index (χ3n) is 5.18. The Morgan fingerprint density at radius 3 is 2.50 bits per heavy atom. The van der Waals surface area contributed by atoms with Crippen molar-refractivity contribution in [1.29, 1.82) is 0 Å². The van der Waals surface area contributed by atoms with E-state index in [0.717, 1.165) is 10.6 Å². The molecule has 1 saturated heterocycles. The highest BCUT2D eigenvalue weighted by molar-refractivity contribution is 7.13. The zero-order chi connectivity index (χ0) is 21.3. The Kier molecular flexibility index (Phi) is 6.13. The molecule has 1 aliphatic heterocycles. The molecular formula is C21H20Cl2N4O2S. The lowest BCUT2D eigenvalue weighted by molar-refractivity contribution is -0.135. The van der Waals surface area contributed by atoms with Crippen LogP contribution >= 0.6 is 34.5 Å². The first kappa shape index (κ1) is 20.9. The molecule has 0 radical (unpaired) electrons. The number of thiophene rings is 1. The highest BCUT2D eigenvalue weighted by atomic mass is 35.5. The Balaban J connectivity index is 1.46. The van der Waals surface area contributed by atoms with Gasteiger partial charge in [0, 0.05) is 37.9 Å². The molecule has 3 aromatic rings. The van der Waals surface area contributed by atoms with Gasteiger partial charge in [-0.3, -0.25) is 9.59 Å². The number of aromatic nitrogens is 2. The number of halogens is 2. The van der Waals surface area contributed by atoms with Crippen molar-refractivity contribution in [3.63, 3.8) is 0 Å². The molecular weight excluding hydrogens is 443 g/mol. The first-order chi connectivity index (χ1) is 14.4. The average Bonchev–Trinajstić information content (AvgIpc) is 3.30. The van der Waals surface area contributed by atoms with Gasteiger partial charge in [-0.05, 0) is 42.6 Å². The molecule has 0 aliphatic carbocycles. The fourth-order valence-electron chi connectivity index (χ4n) is 3.49. The van der Waals surface area contributed by atoms with Crippen LogP contribution in [0.15, 0.2) is 52.6 Å². The molecule has 1 aromatic carbocycles. The van der Waals surface area contributed by atoms with E-state index in [2.05, 4.69) is 10.00 Å². The first-order valence-corrected chi connectivity index (χ1v) is 11.2. The van der Waals surface area contributed by atoms with Crippen molar-refractivity contribution in [2.45, 2.75) is 13.0 Å². The van der Waals surface area contributed by atoms with E-state index in [-0.39, 0.29) is 11.5 Å². The van der Waals surface area contributed by atoms with Gasteiger partial charge in [0.2, 0.25) is 5.91 Å². The predicted molar refractivity (Wildman–Crippen MR) is 122 cm³/mol. The van der Waals surface area contributed by atoms with Gasteiger partial charge in [-0.15, -0.1) is 11.3 Å². The Hall–Kier alpha value is -2.35. The maximum atomic E-state index is 13.1. The minimum Gasteiger partial charge on any atom is -0.368 e. The molecule has 1 unspecified atom stereocenters. The van der Waals surface area contributed by atoms with E-state index in [1.54, 1.807) is 35.3 Å². The van der Waals surface area contributed by atoms with Gasteiger partial charge in [0.25, 0.3) is 5.56 Å². The maximum absolute atomic E-state index is 13.1. The van der Waals surface area contributed by atoms with Crippen LogP contribution in [0.4, 0.5) is 5.69 Å². The fourth-order valence-corrected chi connectivity index (χ4v) is 4.48. The molecule has 0 spiro atoms. The van der Waals surface area contributed by atoms with Gasteiger partial charge >= 0.3 is 0 Å². The van der Waals surface area contributed by atoms with Gasteiger partial charge < -0.3 is 9.80 Å². The summed E-state index contributed by atoms with van der Waals surface area (Å²) in [5.74, 6) is -0.110. The molecule has 1 amide bonds. The van der Waals surface area contributed by atoms with E-state index in [4.69, 9.17) is 23.2 Å². The van der Waals surface area contributed by atoms with Crippen LogP contribution in [-0.4, -0.2) is 46.8 Å². The Morgan fingerprint density at radius 2 is 1.83 bits per heavy atom. The Labute approximate surface area is 188 Å². The van der Waals surface area contributed by atoms with Crippen LogP contribution < -0.4 is 10.5 Å². The molecule has 30 heavy (non-hydrogen) atoms. The third-order valence-corrected chi connectivity index (χ3v) is 6.81. The molecule has 1 fully saturated rings. The van der Waals surface area contributed by atoms with E-state index >= 15 is 0 Å². The van der Waals surface area contributed by atoms with Gasteiger partial charge in [0.05, 0.1) is 14.9 Å². The summed E-state index contributed by atoms with van der Waals surface area (Å²) in [6.45, 7) is 4.19. The summed E-state index contributed by atoms with van der Waals surface area (Å²) in [7, 11) is 0. The number of rotatable bonds is 4. The second-order valence-electron chi connectivity index (χ2n) is 7.07. The van der Waals surface area contributed by atoms with Crippen molar-refractivity contribution in [3.05, 3.63) is 68.2 Å². The summed E-state index contributed by atoms with van der Waals surface area (Å²) in [4.78, 5) is 30.3. The molecule has 9 heteroatoms. The zero-order valence-corrected chi connectivity index (χ0v) is 18.6. The average molecular weight is 463 g/mol. The zero-order valence-electron chi connectivity index (χ0n) is 16.3. The van der Waals surface area contributed by atoms with E-state index in [0.29, 0.717) is 41.9 Å². The minimum atomic E-state index is -0.672. The molecule has 2 aromatic heterocycles. The van der Waals surface area contributed by atoms with Crippen LogP contribution in [-0.2, 0) is 4.79 Å². The van der Waals surface area contributed by atoms with Gasteiger partial charge in [-0.2, -0.15) is 5.10 Å². The van der Waals surface area contributed by atoms with Crippen molar-refractivity contribution in [3.8, 4) is 10.6 Å². The van der Waals surface area contributed by atoms with Crippen molar-refractivity contribution in [2.24, 2.45) is 0 Å². The molecule has 0 N–H and O–H groups in total. The van der Waals surface area contributed by atoms with E-state index in [1.807, 2.05) is 29.6 Å². The summed E-state index contributed by atoms with van der Waals surface area (Å²) in [6.07, 6.45) is 0. The highest BCUT2D eigenvalue weighted by Crippen LogP contribution is 2.28. The van der Waals surface area contributed by atoms with Crippen molar-refractivity contribution in [2.75, 3.05) is 31.1 Å². The van der Waals surface area contributed by atoms with Crippen LogP contribution in [0.1, 0.15) is 13.0 Å². The van der Waals surface area contributed by atoms with E-state index < -0.39 is 6.04 Å². The predicted octanol–water partition coefficient (Wildman–Crippen LogP) is 4.19. The lowest BCUT2D eigenvalue weighted by Crippen LogP contribution is -2.51. The molecule has 1 atom stereocenters. The maximum Gasteiger partial charge on any atom is 0.267 e. The van der Waals surface area contributed by atoms with E-state index in [1.165, 1.54) is 10.7 Å². The van der Waals surface area contributed by atoms with Crippen LogP contribution in [0.3, 0.4) is 0 Å². The van der Waals surface area contributed by atoms with E-state index in [9.17, 15) is 9.59 Å². The number of amides is 1. The minimum absolute atomic E-state index is 0.110. The monoisotopic (exact) mass is 462 g/mol. The van der Waals surface area contributed by atoms with Crippen LogP contribution in [0.5, 0.6) is 0 Å². The quantitative estimate of drug-likeness (QED) is 0.583. The van der Waals surface area contributed by atoms with Gasteiger partial charge in [-0.25, -0.2) is 4.68 Å². The second kappa shape index (κ2) is 8.79. The largest absolute Gasteiger partial charge is 0.368 e. The number of benzene rings is 1. The second-order valence-corrected chi connectivity index (χ2v) is 8.83. The molecule has 3 heterocycles. The van der Waals surface area contributed by atoms with Crippen molar-refractivity contribution in [1.82, 2.24) is 14.7 Å². The number of carbonyl (C=O) groups is 1. The Morgan fingerprint density at radius 1 is 1.07 bits per heavy atom. The lowest BCUT2D eigenvalue weighted by Gasteiger charge is -2.37. The summed E-state index contributed by atoms with van der Waals surface area (Å²) in [5, 5.41) is 7.42. The fraction of sp³-hybridized carbons (Fsp3) is 0.286. The number of carbonyl (C=O) groups excluding carboxylic acids is 1. The topological polar surface area (TPSA) is 58.4 Å². The van der Waals surface area contributed by atoms with Crippen LogP contribution in [0.2, 0.25) is 10.0 Å².